The van der Waals surface area contributed by atoms with Gasteiger partial charge in [0.2, 0.25) is 11.8 Å². The number of nitrogens with one attached hydrogen (secondary N) is 2. The lowest BCUT2D eigenvalue weighted by atomic mass is 9.98. The zero-order valence-electron chi connectivity index (χ0n) is 20.8. The fourth-order valence-corrected chi connectivity index (χ4v) is 6.44. The fourth-order valence-electron chi connectivity index (χ4n) is 4.85. The molecule has 8 heteroatoms. The highest BCUT2D eigenvalue weighted by molar-refractivity contribution is 8.01. The molecule has 0 spiro atoms. The SMILES string of the molecule is COc1cccc(CNC(=O)[C@H](CC(C)C)NC(=O)[C@H]2N3C(=O)c4ccccc4[C@@H]3SC2(C)C)c1. The molecule has 2 N–H and O–H groups in total. The van der Waals surface area contributed by atoms with Gasteiger partial charge < -0.3 is 20.3 Å². The molecule has 0 radical (unpaired) electrons. The summed E-state index contributed by atoms with van der Waals surface area (Å²) in [5.74, 6) is 0.237. The number of carbonyl (C=O) groups is 3. The second kappa shape index (κ2) is 9.93. The minimum Gasteiger partial charge on any atom is -0.497 e. The average molecular weight is 496 g/mol. The molecule has 2 aliphatic heterocycles. The van der Waals surface area contributed by atoms with Crippen LogP contribution in [0.3, 0.4) is 0 Å². The maximum absolute atomic E-state index is 13.6. The molecule has 0 bridgehead atoms. The number of carbonyl (C=O) groups excluding carboxylic acids is 3. The Bertz CT molecular complexity index is 1130. The van der Waals surface area contributed by atoms with E-state index in [1.54, 1.807) is 23.8 Å². The second-order valence-corrected chi connectivity index (χ2v) is 11.8. The molecule has 2 heterocycles. The van der Waals surface area contributed by atoms with Crippen molar-refractivity contribution in [2.24, 2.45) is 5.92 Å². The highest BCUT2D eigenvalue weighted by Gasteiger charge is 2.57. The smallest absolute Gasteiger partial charge is 0.256 e. The molecule has 1 fully saturated rings. The first kappa shape index (κ1) is 25.1. The van der Waals surface area contributed by atoms with Gasteiger partial charge >= 0.3 is 0 Å². The number of benzene rings is 2. The minimum atomic E-state index is -0.701. The number of rotatable bonds is 8. The summed E-state index contributed by atoms with van der Waals surface area (Å²) in [4.78, 5) is 41.7. The van der Waals surface area contributed by atoms with E-state index in [0.29, 0.717) is 18.5 Å². The van der Waals surface area contributed by atoms with E-state index >= 15 is 0 Å². The van der Waals surface area contributed by atoms with Gasteiger partial charge in [-0.15, -0.1) is 11.8 Å². The first-order valence-electron chi connectivity index (χ1n) is 11.9. The zero-order valence-corrected chi connectivity index (χ0v) is 21.6. The van der Waals surface area contributed by atoms with Gasteiger partial charge in [0.15, 0.2) is 0 Å². The van der Waals surface area contributed by atoms with Gasteiger partial charge in [-0.1, -0.05) is 44.2 Å². The van der Waals surface area contributed by atoms with Crippen molar-refractivity contribution in [3.8, 4) is 5.75 Å². The molecule has 35 heavy (non-hydrogen) atoms. The van der Waals surface area contributed by atoms with Crippen LogP contribution in [-0.2, 0) is 16.1 Å². The van der Waals surface area contributed by atoms with Gasteiger partial charge in [-0.25, -0.2) is 0 Å². The van der Waals surface area contributed by atoms with Crippen LogP contribution in [0.25, 0.3) is 0 Å². The van der Waals surface area contributed by atoms with E-state index in [9.17, 15) is 14.4 Å². The molecule has 0 aromatic heterocycles. The standard InChI is InChI=1S/C27H33N3O4S/c1-16(2)13-21(23(31)28-15-17-9-8-10-18(14-17)34-5)29-24(32)22-27(3,4)35-26-20-12-7-6-11-19(20)25(33)30(22)26/h6-12,14,16,21-22,26H,13,15H2,1-5H3,(H,28,31)(H,29,32)/t21-,22+,26-/m0/s1. The maximum atomic E-state index is 13.6. The van der Waals surface area contributed by atoms with E-state index in [1.807, 2.05) is 76.2 Å². The third-order valence-corrected chi connectivity index (χ3v) is 8.02. The Balaban J connectivity index is 1.50. The molecule has 0 unspecified atom stereocenters. The number of hydrogen-bond acceptors (Lipinski definition) is 5. The van der Waals surface area contributed by atoms with Crippen LogP contribution < -0.4 is 15.4 Å². The Labute approximate surface area is 211 Å². The van der Waals surface area contributed by atoms with Crippen molar-refractivity contribution in [3.05, 3.63) is 65.2 Å². The van der Waals surface area contributed by atoms with Crippen LogP contribution in [0, 0.1) is 5.92 Å². The number of thioether (sulfide) groups is 1. The molecule has 186 valence electrons. The van der Waals surface area contributed by atoms with Crippen molar-refractivity contribution in [2.45, 2.75) is 62.9 Å². The van der Waals surface area contributed by atoms with Crippen molar-refractivity contribution in [1.29, 1.82) is 0 Å². The first-order chi connectivity index (χ1) is 16.6. The number of ether oxygens (including phenoxy) is 1. The highest BCUT2D eigenvalue weighted by Crippen LogP contribution is 2.56. The van der Waals surface area contributed by atoms with Crippen LogP contribution in [0.5, 0.6) is 5.75 Å². The van der Waals surface area contributed by atoms with E-state index in [0.717, 1.165) is 16.9 Å². The maximum Gasteiger partial charge on any atom is 0.256 e. The summed E-state index contributed by atoms with van der Waals surface area (Å²) in [5.41, 5.74) is 2.50. The van der Waals surface area contributed by atoms with Crippen LogP contribution in [-0.4, -0.2) is 46.6 Å². The Kier molecular flexibility index (Phi) is 7.12. The van der Waals surface area contributed by atoms with Crippen LogP contribution in [0.15, 0.2) is 48.5 Å². The molecule has 2 aliphatic rings. The average Bonchev–Trinajstić information content (AvgIpc) is 3.25. The molecule has 3 amide bonds. The monoisotopic (exact) mass is 495 g/mol. The van der Waals surface area contributed by atoms with Gasteiger partial charge in [0, 0.05) is 16.9 Å². The van der Waals surface area contributed by atoms with E-state index in [4.69, 9.17) is 4.74 Å². The third-order valence-electron chi connectivity index (χ3n) is 6.49. The summed E-state index contributed by atoms with van der Waals surface area (Å²) in [5, 5.41) is 5.73. The van der Waals surface area contributed by atoms with Crippen LogP contribution >= 0.6 is 11.8 Å². The van der Waals surface area contributed by atoms with Gasteiger partial charge in [0.1, 0.15) is 23.2 Å². The number of amides is 3. The van der Waals surface area contributed by atoms with Crippen LogP contribution in [0.1, 0.15) is 61.0 Å². The van der Waals surface area contributed by atoms with Crippen molar-refractivity contribution in [1.82, 2.24) is 15.5 Å². The Hall–Kier alpha value is -3.00. The summed E-state index contributed by atoms with van der Waals surface area (Å²) in [6.45, 7) is 8.32. The summed E-state index contributed by atoms with van der Waals surface area (Å²) in [7, 11) is 1.60. The molecule has 3 atom stereocenters. The molecule has 0 saturated carbocycles. The van der Waals surface area contributed by atoms with Gasteiger partial charge in [0.05, 0.1) is 7.11 Å². The fraction of sp³-hybridized carbons (Fsp3) is 0.444. The van der Waals surface area contributed by atoms with Gasteiger partial charge in [-0.05, 0) is 55.5 Å². The lowest BCUT2D eigenvalue weighted by molar-refractivity contribution is -0.132. The van der Waals surface area contributed by atoms with Gasteiger partial charge in [-0.2, -0.15) is 0 Å². The van der Waals surface area contributed by atoms with Crippen molar-refractivity contribution in [3.63, 3.8) is 0 Å². The number of hydrogen-bond donors (Lipinski definition) is 2. The van der Waals surface area contributed by atoms with Crippen molar-refractivity contribution < 1.29 is 19.1 Å². The summed E-state index contributed by atoms with van der Waals surface area (Å²) < 4.78 is 4.75. The predicted molar refractivity (Wildman–Crippen MR) is 137 cm³/mol. The topological polar surface area (TPSA) is 87.7 Å². The Morgan fingerprint density at radius 1 is 1.14 bits per heavy atom. The number of fused-ring (bicyclic) bond motifs is 3. The van der Waals surface area contributed by atoms with Crippen molar-refractivity contribution in [2.75, 3.05) is 7.11 Å². The quantitative estimate of drug-likeness (QED) is 0.580. The van der Waals surface area contributed by atoms with E-state index in [2.05, 4.69) is 10.6 Å². The summed E-state index contributed by atoms with van der Waals surface area (Å²) in [6, 6.07) is 13.6. The van der Waals surface area contributed by atoms with E-state index in [-0.39, 0.29) is 29.0 Å². The zero-order chi connectivity index (χ0) is 25.3. The van der Waals surface area contributed by atoms with Crippen LogP contribution in [0.4, 0.5) is 0 Å². The number of methoxy groups -OCH3 is 1. The normalized spacial score (nSPS) is 20.9. The summed E-state index contributed by atoms with van der Waals surface area (Å²) in [6.07, 6.45) is 0.494. The van der Waals surface area contributed by atoms with Gasteiger partial charge in [-0.3, -0.25) is 14.4 Å². The highest BCUT2D eigenvalue weighted by atomic mass is 32.2. The van der Waals surface area contributed by atoms with Gasteiger partial charge in [0.25, 0.3) is 5.91 Å². The largest absolute Gasteiger partial charge is 0.497 e. The van der Waals surface area contributed by atoms with Crippen molar-refractivity contribution >= 4 is 29.5 Å². The molecule has 0 aliphatic carbocycles. The minimum absolute atomic E-state index is 0.133. The Morgan fingerprint density at radius 2 is 1.89 bits per heavy atom. The molecule has 7 nitrogen and oxygen atoms in total. The first-order valence-corrected chi connectivity index (χ1v) is 12.8. The van der Waals surface area contributed by atoms with E-state index < -0.39 is 16.8 Å². The lowest BCUT2D eigenvalue weighted by Gasteiger charge is -2.31. The Morgan fingerprint density at radius 3 is 2.60 bits per heavy atom. The third kappa shape index (κ3) is 5.03. The molecule has 4 rings (SSSR count). The lowest BCUT2D eigenvalue weighted by Crippen LogP contribution is -2.57. The molecular weight excluding hydrogens is 462 g/mol. The van der Waals surface area contributed by atoms with Crippen LogP contribution in [0.2, 0.25) is 0 Å². The molecule has 2 aromatic rings. The van der Waals surface area contributed by atoms with E-state index in [1.165, 1.54) is 0 Å². The molecule has 2 aromatic carbocycles. The second-order valence-electron chi connectivity index (χ2n) is 10.0. The molecular formula is C27H33N3O4S. The molecule has 1 saturated heterocycles. The number of nitrogens with zero attached hydrogens (tertiary/aromatic N) is 1. The predicted octanol–water partition coefficient (Wildman–Crippen LogP) is 3.89. The summed E-state index contributed by atoms with van der Waals surface area (Å²) >= 11 is 1.61.